The van der Waals surface area contributed by atoms with E-state index in [0.717, 1.165) is 108 Å². The van der Waals surface area contributed by atoms with E-state index < -0.39 is 97.5 Å². The van der Waals surface area contributed by atoms with Gasteiger partial charge in [-0.05, 0) is 43.4 Å². The number of esters is 4. The zero-order valence-corrected chi connectivity index (χ0v) is 61.1. The average Bonchev–Trinajstić information content (AvgIpc) is 3.58. The van der Waals surface area contributed by atoms with E-state index in [1.807, 2.05) is 0 Å². The second-order valence-electron chi connectivity index (χ2n) is 26.9. The lowest BCUT2D eigenvalue weighted by Gasteiger charge is -2.21. The molecule has 0 heterocycles. The molecule has 0 spiro atoms. The summed E-state index contributed by atoms with van der Waals surface area (Å²) >= 11 is 0. The van der Waals surface area contributed by atoms with Crippen LogP contribution >= 0.6 is 15.6 Å². The monoisotopic (exact) mass is 1340 g/mol. The second kappa shape index (κ2) is 62.8. The first kappa shape index (κ1) is 89.1. The Balaban J connectivity index is 5.24. The fourth-order valence-electron chi connectivity index (χ4n) is 10.8. The van der Waals surface area contributed by atoms with Crippen molar-refractivity contribution in [1.82, 2.24) is 0 Å². The van der Waals surface area contributed by atoms with Crippen molar-refractivity contribution in [3.63, 3.8) is 0 Å². The molecule has 7 atom stereocenters. The van der Waals surface area contributed by atoms with Gasteiger partial charge in [-0.1, -0.05) is 312 Å². The first-order valence-electron chi connectivity index (χ1n) is 37.4. The number of unbranched alkanes of at least 4 members (excludes halogenated alkanes) is 36. The predicted octanol–water partition coefficient (Wildman–Crippen LogP) is 20.6. The third-order valence-corrected chi connectivity index (χ3v) is 19.3. The van der Waals surface area contributed by atoms with E-state index in [1.54, 1.807) is 0 Å². The van der Waals surface area contributed by atoms with Crippen LogP contribution in [0.3, 0.4) is 0 Å². The molecule has 0 aliphatic heterocycles. The maximum atomic E-state index is 13.0. The van der Waals surface area contributed by atoms with E-state index in [0.29, 0.717) is 31.6 Å². The summed E-state index contributed by atoms with van der Waals surface area (Å²) in [6.45, 7) is 11.8. The lowest BCUT2D eigenvalue weighted by atomic mass is 9.99. The fraction of sp³-hybridized carbons (Fsp3) is 0.944. The number of hydrogen-bond acceptors (Lipinski definition) is 15. The Morgan fingerprint density at radius 2 is 0.560 bits per heavy atom. The van der Waals surface area contributed by atoms with Crippen molar-refractivity contribution in [3.05, 3.63) is 0 Å². The molecule has 19 heteroatoms. The van der Waals surface area contributed by atoms with Gasteiger partial charge in [0.2, 0.25) is 0 Å². The van der Waals surface area contributed by atoms with Crippen molar-refractivity contribution >= 4 is 39.5 Å². The second-order valence-corrected chi connectivity index (χ2v) is 29.8. The van der Waals surface area contributed by atoms with Gasteiger partial charge in [0.05, 0.1) is 26.4 Å². The number of hydrogen-bond donors (Lipinski definition) is 3. The third kappa shape index (κ3) is 63.9. The Labute approximate surface area is 556 Å². The van der Waals surface area contributed by atoms with Crippen LogP contribution in [0.15, 0.2) is 0 Å². The number of carbonyl (C=O) groups excluding carboxylic acids is 4. The molecule has 0 saturated carbocycles. The molecule has 0 aliphatic carbocycles. The predicted molar refractivity (Wildman–Crippen MR) is 368 cm³/mol. The molecule has 0 aromatic rings. The molecule has 17 nitrogen and oxygen atoms in total. The Hall–Kier alpha value is -1.94. The minimum absolute atomic E-state index is 0.102. The smallest absolute Gasteiger partial charge is 0.462 e. The van der Waals surface area contributed by atoms with Gasteiger partial charge in [-0.2, -0.15) is 0 Å². The molecule has 540 valence electrons. The molecule has 91 heavy (non-hydrogen) atoms. The largest absolute Gasteiger partial charge is 0.472 e. The van der Waals surface area contributed by atoms with Crippen LogP contribution in [0.25, 0.3) is 0 Å². The first-order valence-corrected chi connectivity index (χ1v) is 40.4. The van der Waals surface area contributed by atoms with Crippen LogP contribution in [-0.4, -0.2) is 96.7 Å². The van der Waals surface area contributed by atoms with Gasteiger partial charge in [-0.3, -0.25) is 37.3 Å². The maximum absolute atomic E-state index is 13.0. The Morgan fingerprint density at radius 1 is 0.319 bits per heavy atom. The van der Waals surface area contributed by atoms with E-state index in [-0.39, 0.29) is 25.7 Å². The number of phosphoric acid groups is 2. The SMILES string of the molecule is CCCCCCCCCCCCCCCCCCCC(=O)O[C@H](COC(=O)CCCCCCCCCCCCC(C)CC)COP(=O)(O)OC[C@@H](O)COP(=O)(O)OC[C@@H](COC(=O)CCCCCCCCC(C)CC)OC(=O)CCCCCCCCCC(C)C. The van der Waals surface area contributed by atoms with Crippen LogP contribution in [0.5, 0.6) is 0 Å². The van der Waals surface area contributed by atoms with Gasteiger partial charge in [0.25, 0.3) is 0 Å². The van der Waals surface area contributed by atoms with Crippen molar-refractivity contribution < 1.29 is 80.2 Å². The van der Waals surface area contributed by atoms with Gasteiger partial charge < -0.3 is 33.8 Å². The normalized spacial score (nSPS) is 14.8. The Morgan fingerprint density at radius 3 is 0.835 bits per heavy atom. The summed E-state index contributed by atoms with van der Waals surface area (Å²) in [5, 5.41) is 10.6. The summed E-state index contributed by atoms with van der Waals surface area (Å²) in [6, 6.07) is 0. The molecule has 4 unspecified atom stereocenters. The number of carbonyl (C=O) groups is 4. The van der Waals surface area contributed by atoms with Gasteiger partial charge in [0, 0.05) is 25.7 Å². The summed E-state index contributed by atoms with van der Waals surface area (Å²) in [7, 11) is -9.90. The average molecular weight is 1340 g/mol. The van der Waals surface area contributed by atoms with Gasteiger partial charge in [-0.15, -0.1) is 0 Å². The highest BCUT2D eigenvalue weighted by molar-refractivity contribution is 7.47. The zero-order valence-electron chi connectivity index (χ0n) is 59.3. The summed E-state index contributed by atoms with van der Waals surface area (Å²) in [6.07, 6.45) is 47.3. The van der Waals surface area contributed by atoms with Crippen LogP contribution in [0, 0.1) is 17.8 Å². The van der Waals surface area contributed by atoms with Crippen molar-refractivity contribution in [2.24, 2.45) is 17.8 Å². The van der Waals surface area contributed by atoms with Gasteiger partial charge in [0.15, 0.2) is 12.2 Å². The highest BCUT2D eigenvalue weighted by atomic mass is 31.2. The molecule has 0 radical (unpaired) electrons. The number of phosphoric ester groups is 2. The Bertz CT molecular complexity index is 1790. The molecule has 0 fully saturated rings. The number of rotatable bonds is 70. The quantitative estimate of drug-likeness (QED) is 0.0222. The molecule has 0 aromatic carbocycles. The molecule has 0 rings (SSSR count). The molecular weight excluding hydrogens is 1200 g/mol. The summed E-state index contributed by atoms with van der Waals surface area (Å²) < 4.78 is 68.3. The van der Waals surface area contributed by atoms with E-state index >= 15 is 0 Å². The molecule has 0 bridgehead atoms. The van der Waals surface area contributed by atoms with Crippen molar-refractivity contribution in [3.8, 4) is 0 Å². The minimum atomic E-state index is -4.95. The highest BCUT2D eigenvalue weighted by Crippen LogP contribution is 2.45. The standard InChI is InChI=1S/C72H140O17P2/c1-8-11-12-13-14-15-16-17-18-19-20-21-22-27-32-41-48-55-71(76)88-67(59-82-69(74)53-46-39-31-26-24-23-25-30-37-44-51-64(6)9-2)61-86-90(78,79)84-57-66(73)58-85-91(80,81)87-62-68(89-72(77)56-49-42-33-28-29-36-43-50-63(4)5)60-83-70(75)54-47-40-35-34-38-45-52-65(7)10-3/h63-68,73H,8-62H2,1-7H3,(H,78,79)(H,80,81)/t64?,65?,66-,67-,68-/m1/s1. The topological polar surface area (TPSA) is 237 Å². The number of aliphatic hydroxyl groups excluding tert-OH is 1. The lowest BCUT2D eigenvalue weighted by Crippen LogP contribution is -2.30. The summed E-state index contributed by atoms with van der Waals surface area (Å²) in [5.74, 6) is 0.110. The van der Waals surface area contributed by atoms with E-state index in [4.69, 9.17) is 37.0 Å². The van der Waals surface area contributed by atoms with Crippen molar-refractivity contribution in [1.29, 1.82) is 0 Å². The van der Waals surface area contributed by atoms with E-state index in [1.165, 1.54) is 167 Å². The maximum Gasteiger partial charge on any atom is 0.472 e. The molecule has 0 amide bonds. The van der Waals surface area contributed by atoms with Crippen LogP contribution in [0.4, 0.5) is 0 Å². The lowest BCUT2D eigenvalue weighted by molar-refractivity contribution is -0.161. The minimum Gasteiger partial charge on any atom is -0.462 e. The van der Waals surface area contributed by atoms with Crippen LogP contribution < -0.4 is 0 Å². The van der Waals surface area contributed by atoms with Crippen LogP contribution in [0.1, 0.15) is 363 Å². The molecule has 3 N–H and O–H groups in total. The third-order valence-electron chi connectivity index (χ3n) is 17.4. The Kier molecular flexibility index (Phi) is 61.5. The summed E-state index contributed by atoms with van der Waals surface area (Å²) in [4.78, 5) is 72.6. The molecule has 0 saturated heterocycles. The van der Waals surface area contributed by atoms with Gasteiger partial charge in [0.1, 0.15) is 19.3 Å². The number of ether oxygens (including phenoxy) is 4. The van der Waals surface area contributed by atoms with Gasteiger partial charge >= 0.3 is 39.5 Å². The molecule has 0 aliphatic rings. The van der Waals surface area contributed by atoms with Crippen molar-refractivity contribution in [2.45, 2.75) is 381 Å². The zero-order chi connectivity index (χ0) is 67.3. The van der Waals surface area contributed by atoms with E-state index in [2.05, 4.69) is 48.5 Å². The summed E-state index contributed by atoms with van der Waals surface area (Å²) in [5.41, 5.74) is 0. The van der Waals surface area contributed by atoms with Crippen LogP contribution in [0.2, 0.25) is 0 Å². The molecular formula is C72H140O17P2. The van der Waals surface area contributed by atoms with E-state index in [9.17, 15) is 43.2 Å². The number of aliphatic hydroxyl groups is 1. The van der Waals surface area contributed by atoms with Crippen molar-refractivity contribution in [2.75, 3.05) is 39.6 Å². The van der Waals surface area contributed by atoms with Gasteiger partial charge in [-0.25, -0.2) is 9.13 Å². The molecule has 0 aromatic heterocycles. The fourth-order valence-corrected chi connectivity index (χ4v) is 12.4. The first-order chi connectivity index (χ1) is 43.8. The highest BCUT2D eigenvalue weighted by Gasteiger charge is 2.30. The van der Waals surface area contributed by atoms with Crippen LogP contribution in [-0.2, 0) is 65.4 Å².